The Morgan fingerprint density at radius 3 is 2.90 bits per heavy atom. The van der Waals surface area contributed by atoms with E-state index in [9.17, 15) is 9.59 Å². The second-order valence-electron chi connectivity index (χ2n) is 4.31. The number of carbonyl (C=O) groups is 1. The van der Waals surface area contributed by atoms with Crippen LogP contribution >= 0.6 is 0 Å². The first-order chi connectivity index (χ1) is 9.63. The van der Waals surface area contributed by atoms with Crippen LogP contribution in [0, 0.1) is 0 Å². The van der Waals surface area contributed by atoms with Crippen LogP contribution in [0.1, 0.15) is 16.1 Å². The van der Waals surface area contributed by atoms with E-state index in [0.29, 0.717) is 17.5 Å². The van der Waals surface area contributed by atoms with Gasteiger partial charge in [0.05, 0.1) is 6.54 Å². The molecule has 0 radical (unpaired) electrons. The molecule has 0 unspecified atom stereocenters. The number of hydrogen-bond acceptors (Lipinski definition) is 4. The third-order valence-electron chi connectivity index (χ3n) is 2.91. The molecule has 0 fully saturated rings. The maximum atomic E-state index is 11.6. The van der Waals surface area contributed by atoms with Crippen LogP contribution in [0.3, 0.4) is 0 Å². The average Bonchev–Trinajstić information content (AvgIpc) is 2.85. The third kappa shape index (κ3) is 2.18. The summed E-state index contributed by atoms with van der Waals surface area (Å²) < 4.78 is 6.51. The van der Waals surface area contributed by atoms with E-state index in [4.69, 9.17) is 9.52 Å². The zero-order chi connectivity index (χ0) is 14.1. The average molecular weight is 270 g/mol. The Hall–Kier alpha value is -2.89. The molecule has 2 heterocycles. The highest BCUT2D eigenvalue weighted by molar-refractivity contribution is 5.91. The molecule has 100 valence electrons. The van der Waals surface area contributed by atoms with E-state index in [2.05, 4.69) is 5.10 Å². The van der Waals surface area contributed by atoms with Gasteiger partial charge in [-0.3, -0.25) is 4.79 Å². The zero-order valence-electron chi connectivity index (χ0n) is 10.3. The number of aromatic nitrogens is 2. The molecule has 1 N–H and O–H groups in total. The van der Waals surface area contributed by atoms with E-state index in [0.717, 1.165) is 5.56 Å². The highest BCUT2D eigenvalue weighted by Gasteiger charge is 2.10. The SMILES string of the molecule is O=C(O)c1cc2cc(Cn3ncccc3=O)ccc2o1. The number of benzene rings is 1. The van der Waals surface area contributed by atoms with Crippen LogP contribution in [0.4, 0.5) is 0 Å². The normalized spacial score (nSPS) is 10.8. The molecule has 6 heteroatoms. The van der Waals surface area contributed by atoms with Crippen molar-refractivity contribution in [2.24, 2.45) is 0 Å². The Morgan fingerprint density at radius 1 is 1.30 bits per heavy atom. The van der Waals surface area contributed by atoms with Gasteiger partial charge in [-0.25, -0.2) is 9.48 Å². The lowest BCUT2D eigenvalue weighted by molar-refractivity contribution is 0.0665. The number of carboxylic acid groups (broad SMARTS) is 1. The first kappa shape index (κ1) is 12.2. The first-order valence-electron chi connectivity index (χ1n) is 5.91. The van der Waals surface area contributed by atoms with Crippen molar-refractivity contribution < 1.29 is 14.3 Å². The summed E-state index contributed by atoms with van der Waals surface area (Å²) in [5, 5.41) is 13.5. The Balaban J connectivity index is 1.99. The van der Waals surface area contributed by atoms with E-state index >= 15 is 0 Å². The number of nitrogens with zero attached hydrogens (tertiary/aromatic N) is 2. The molecule has 20 heavy (non-hydrogen) atoms. The van der Waals surface area contributed by atoms with E-state index in [1.54, 1.807) is 30.5 Å². The van der Waals surface area contributed by atoms with Gasteiger partial charge in [-0.1, -0.05) is 6.07 Å². The van der Waals surface area contributed by atoms with Crippen LogP contribution in [0.25, 0.3) is 11.0 Å². The standard InChI is InChI=1S/C14H10N2O4/c17-13-2-1-5-15-16(13)8-9-3-4-11-10(6-9)7-12(20-11)14(18)19/h1-7H,8H2,(H,18,19). The number of rotatable bonds is 3. The van der Waals surface area contributed by atoms with Gasteiger partial charge in [0.25, 0.3) is 5.56 Å². The molecule has 0 bridgehead atoms. The van der Waals surface area contributed by atoms with Gasteiger partial charge in [-0.2, -0.15) is 5.10 Å². The predicted molar refractivity (Wildman–Crippen MR) is 70.8 cm³/mol. The molecule has 0 aliphatic heterocycles. The fourth-order valence-electron chi connectivity index (χ4n) is 1.98. The smallest absolute Gasteiger partial charge is 0.371 e. The fraction of sp³-hybridized carbons (Fsp3) is 0.0714. The zero-order valence-corrected chi connectivity index (χ0v) is 10.3. The van der Waals surface area contributed by atoms with Crippen LogP contribution in [-0.2, 0) is 6.54 Å². The second kappa shape index (κ2) is 4.65. The summed E-state index contributed by atoms with van der Waals surface area (Å²) in [4.78, 5) is 22.4. The van der Waals surface area contributed by atoms with Crippen molar-refractivity contribution in [3.8, 4) is 0 Å². The van der Waals surface area contributed by atoms with Crippen LogP contribution in [0.15, 0.2) is 51.8 Å². The minimum absolute atomic E-state index is 0.104. The molecular weight excluding hydrogens is 260 g/mol. The minimum Gasteiger partial charge on any atom is -0.475 e. The number of furan rings is 1. The first-order valence-corrected chi connectivity index (χ1v) is 5.91. The van der Waals surface area contributed by atoms with Gasteiger partial charge >= 0.3 is 5.97 Å². The van der Waals surface area contributed by atoms with Crippen molar-refractivity contribution >= 4 is 16.9 Å². The molecule has 0 spiro atoms. The third-order valence-corrected chi connectivity index (χ3v) is 2.91. The number of fused-ring (bicyclic) bond motifs is 1. The molecule has 0 saturated carbocycles. The summed E-state index contributed by atoms with van der Waals surface area (Å²) in [6.07, 6.45) is 1.54. The molecule has 0 atom stereocenters. The van der Waals surface area contributed by atoms with Crippen molar-refractivity contribution in [2.75, 3.05) is 0 Å². The molecule has 6 nitrogen and oxygen atoms in total. The fourth-order valence-corrected chi connectivity index (χ4v) is 1.98. The lowest BCUT2D eigenvalue weighted by atomic mass is 10.1. The Labute approximate surface area is 112 Å². The van der Waals surface area contributed by atoms with Gasteiger partial charge in [-0.05, 0) is 29.8 Å². The molecule has 0 amide bonds. The Kier molecular flexibility index (Phi) is 2.83. The summed E-state index contributed by atoms with van der Waals surface area (Å²) in [6, 6.07) is 9.72. The topological polar surface area (TPSA) is 85.3 Å². The molecule has 3 aromatic rings. The lowest BCUT2D eigenvalue weighted by Gasteiger charge is -2.03. The van der Waals surface area contributed by atoms with Crippen LogP contribution in [-0.4, -0.2) is 20.9 Å². The largest absolute Gasteiger partial charge is 0.475 e. The second-order valence-corrected chi connectivity index (χ2v) is 4.31. The molecule has 3 rings (SSSR count). The summed E-state index contributed by atoms with van der Waals surface area (Å²) in [6.45, 7) is 0.323. The van der Waals surface area contributed by atoms with E-state index in [1.807, 2.05) is 0 Å². The van der Waals surface area contributed by atoms with Gasteiger partial charge in [0.1, 0.15) is 5.58 Å². The van der Waals surface area contributed by atoms with Crippen molar-refractivity contribution in [1.82, 2.24) is 9.78 Å². The van der Waals surface area contributed by atoms with Gasteiger partial charge < -0.3 is 9.52 Å². The molecule has 0 aliphatic rings. The van der Waals surface area contributed by atoms with E-state index < -0.39 is 5.97 Å². The van der Waals surface area contributed by atoms with E-state index in [-0.39, 0.29) is 11.3 Å². The molecule has 2 aromatic heterocycles. The maximum Gasteiger partial charge on any atom is 0.371 e. The summed E-state index contributed by atoms with van der Waals surface area (Å²) in [7, 11) is 0. The number of aromatic carboxylic acids is 1. The monoisotopic (exact) mass is 270 g/mol. The summed E-state index contributed by atoms with van der Waals surface area (Å²) in [5.74, 6) is -1.21. The summed E-state index contributed by atoms with van der Waals surface area (Å²) >= 11 is 0. The minimum atomic E-state index is -1.11. The number of carboxylic acids is 1. The van der Waals surface area contributed by atoms with Gasteiger partial charge in [0, 0.05) is 17.6 Å². The number of hydrogen-bond donors (Lipinski definition) is 1. The molecule has 0 aliphatic carbocycles. The summed E-state index contributed by atoms with van der Waals surface area (Å²) in [5.41, 5.74) is 1.15. The van der Waals surface area contributed by atoms with Crippen molar-refractivity contribution in [3.63, 3.8) is 0 Å². The molecule has 0 saturated heterocycles. The van der Waals surface area contributed by atoms with Gasteiger partial charge in [0.15, 0.2) is 0 Å². The van der Waals surface area contributed by atoms with Crippen molar-refractivity contribution in [3.05, 3.63) is 64.3 Å². The van der Waals surface area contributed by atoms with Crippen molar-refractivity contribution in [2.45, 2.75) is 6.54 Å². The van der Waals surface area contributed by atoms with Crippen LogP contribution in [0.5, 0.6) is 0 Å². The van der Waals surface area contributed by atoms with Gasteiger partial charge in [0.2, 0.25) is 5.76 Å². The highest BCUT2D eigenvalue weighted by Crippen LogP contribution is 2.21. The molecular formula is C14H10N2O4. The molecule has 1 aromatic carbocycles. The van der Waals surface area contributed by atoms with Crippen LogP contribution < -0.4 is 5.56 Å². The van der Waals surface area contributed by atoms with Crippen LogP contribution in [0.2, 0.25) is 0 Å². The Morgan fingerprint density at radius 2 is 2.15 bits per heavy atom. The highest BCUT2D eigenvalue weighted by atomic mass is 16.4. The predicted octanol–water partition coefficient (Wildman–Crippen LogP) is 1.74. The Bertz CT molecular complexity index is 848. The van der Waals surface area contributed by atoms with Crippen molar-refractivity contribution in [1.29, 1.82) is 0 Å². The van der Waals surface area contributed by atoms with E-state index in [1.165, 1.54) is 16.8 Å². The quantitative estimate of drug-likeness (QED) is 0.783. The lowest BCUT2D eigenvalue weighted by Crippen LogP contribution is -2.21. The maximum absolute atomic E-state index is 11.6. The van der Waals surface area contributed by atoms with Gasteiger partial charge in [-0.15, -0.1) is 0 Å².